The summed E-state index contributed by atoms with van der Waals surface area (Å²) in [4.78, 5) is 0. The smallest absolute Gasteiger partial charge is 0.131 e. The summed E-state index contributed by atoms with van der Waals surface area (Å²) in [5, 5.41) is 10.8. The zero-order valence-electron chi connectivity index (χ0n) is 7.87. The van der Waals surface area contributed by atoms with Crippen LogP contribution in [0.5, 0.6) is 0 Å². The van der Waals surface area contributed by atoms with Gasteiger partial charge in [0.25, 0.3) is 0 Å². The van der Waals surface area contributed by atoms with Crippen LogP contribution in [-0.4, -0.2) is 5.11 Å². The van der Waals surface area contributed by atoms with Crippen LogP contribution >= 0.6 is 0 Å². The van der Waals surface area contributed by atoms with Crippen molar-refractivity contribution in [2.75, 3.05) is 0 Å². The second kappa shape index (κ2) is 3.39. The first kappa shape index (κ1) is 9.16. The molecule has 0 unspecified atom stereocenters. The van der Waals surface area contributed by atoms with E-state index < -0.39 is 6.10 Å². The molecule has 1 N–H and O–H groups in total. The Morgan fingerprint density at radius 2 is 1.71 bits per heavy atom. The molecule has 0 aliphatic heterocycles. The van der Waals surface area contributed by atoms with Crippen LogP contribution in [-0.2, 0) is 0 Å². The van der Waals surface area contributed by atoms with Crippen molar-refractivity contribution >= 4 is 10.8 Å². The molecule has 1 atom stereocenters. The standard InChI is InChI=1S/C12H11FO/c1-8(14)9-6-7-12(13)11-5-3-2-4-10(9)11/h2-8,14H,1H3/t8-/m0/s1. The minimum atomic E-state index is -0.569. The predicted molar refractivity (Wildman–Crippen MR) is 54.5 cm³/mol. The van der Waals surface area contributed by atoms with E-state index in [4.69, 9.17) is 0 Å². The molecule has 0 aromatic heterocycles. The van der Waals surface area contributed by atoms with Crippen molar-refractivity contribution in [2.45, 2.75) is 13.0 Å². The van der Waals surface area contributed by atoms with E-state index in [1.165, 1.54) is 6.07 Å². The monoisotopic (exact) mass is 190 g/mol. The van der Waals surface area contributed by atoms with Gasteiger partial charge in [-0.05, 0) is 23.9 Å². The molecule has 72 valence electrons. The maximum Gasteiger partial charge on any atom is 0.131 e. The lowest BCUT2D eigenvalue weighted by Crippen LogP contribution is -1.93. The molecular formula is C12H11FO. The van der Waals surface area contributed by atoms with Crippen LogP contribution in [0.25, 0.3) is 10.8 Å². The fourth-order valence-electron chi connectivity index (χ4n) is 1.65. The van der Waals surface area contributed by atoms with Crippen LogP contribution in [0.4, 0.5) is 4.39 Å². The molecule has 0 saturated heterocycles. The number of hydrogen-bond donors (Lipinski definition) is 1. The summed E-state index contributed by atoms with van der Waals surface area (Å²) < 4.78 is 13.3. The molecule has 2 rings (SSSR count). The summed E-state index contributed by atoms with van der Waals surface area (Å²) in [7, 11) is 0. The third kappa shape index (κ3) is 1.38. The maximum absolute atomic E-state index is 13.3. The number of aliphatic hydroxyl groups excluding tert-OH is 1. The Labute approximate surface area is 81.8 Å². The van der Waals surface area contributed by atoms with Gasteiger partial charge in [0.15, 0.2) is 0 Å². The van der Waals surface area contributed by atoms with E-state index in [9.17, 15) is 9.50 Å². The van der Waals surface area contributed by atoms with E-state index in [0.717, 1.165) is 10.9 Å². The van der Waals surface area contributed by atoms with Gasteiger partial charge < -0.3 is 5.11 Å². The number of rotatable bonds is 1. The van der Waals surface area contributed by atoms with E-state index in [2.05, 4.69) is 0 Å². The first-order chi connectivity index (χ1) is 6.70. The molecule has 0 saturated carbocycles. The third-order valence-corrected chi connectivity index (χ3v) is 2.35. The van der Waals surface area contributed by atoms with Gasteiger partial charge in [-0.1, -0.05) is 30.3 Å². The van der Waals surface area contributed by atoms with Crippen LogP contribution in [0.2, 0.25) is 0 Å². The second-order valence-corrected chi connectivity index (χ2v) is 3.36. The highest BCUT2D eigenvalue weighted by Gasteiger charge is 2.08. The molecule has 2 aromatic rings. The number of aliphatic hydroxyl groups is 1. The molecule has 0 amide bonds. The summed E-state index contributed by atoms with van der Waals surface area (Å²) in [5.74, 6) is -0.245. The van der Waals surface area contributed by atoms with Crippen molar-refractivity contribution in [2.24, 2.45) is 0 Å². The average molecular weight is 190 g/mol. The van der Waals surface area contributed by atoms with Crippen LogP contribution in [0.3, 0.4) is 0 Å². The van der Waals surface area contributed by atoms with Crippen molar-refractivity contribution in [1.29, 1.82) is 0 Å². The highest BCUT2D eigenvalue weighted by molar-refractivity contribution is 5.86. The van der Waals surface area contributed by atoms with Crippen LogP contribution in [0.1, 0.15) is 18.6 Å². The van der Waals surface area contributed by atoms with E-state index in [1.807, 2.05) is 12.1 Å². The molecule has 0 aliphatic carbocycles. The molecule has 14 heavy (non-hydrogen) atoms. The highest BCUT2D eigenvalue weighted by atomic mass is 19.1. The Morgan fingerprint density at radius 1 is 1.07 bits per heavy atom. The number of halogens is 1. The number of fused-ring (bicyclic) bond motifs is 1. The van der Waals surface area contributed by atoms with Crippen molar-refractivity contribution in [3.05, 3.63) is 47.8 Å². The predicted octanol–water partition coefficient (Wildman–Crippen LogP) is 3.03. The summed E-state index contributed by atoms with van der Waals surface area (Å²) in [6.07, 6.45) is -0.569. The molecule has 1 nitrogen and oxygen atoms in total. The first-order valence-corrected chi connectivity index (χ1v) is 4.55. The zero-order chi connectivity index (χ0) is 10.1. The van der Waals surface area contributed by atoms with Crippen LogP contribution in [0, 0.1) is 5.82 Å². The van der Waals surface area contributed by atoms with Gasteiger partial charge in [-0.15, -0.1) is 0 Å². The molecule has 2 aromatic carbocycles. The fourth-order valence-corrected chi connectivity index (χ4v) is 1.65. The average Bonchev–Trinajstić information content (AvgIpc) is 2.18. The zero-order valence-corrected chi connectivity index (χ0v) is 7.87. The van der Waals surface area contributed by atoms with Crippen molar-refractivity contribution in [1.82, 2.24) is 0 Å². The molecular weight excluding hydrogens is 179 g/mol. The van der Waals surface area contributed by atoms with Gasteiger partial charge in [-0.2, -0.15) is 0 Å². The Balaban J connectivity index is 2.82. The summed E-state index contributed by atoms with van der Waals surface area (Å²) in [6, 6.07) is 10.2. The molecule has 0 aliphatic rings. The van der Waals surface area contributed by atoms with Gasteiger partial charge in [0, 0.05) is 5.39 Å². The minimum absolute atomic E-state index is 0.245. The van der Waals surface area contributed by atoms with Crippen molar-refractivity contribution in [3.63, 3.8) is 0 Å². The molecule has 2 heteroatoms. The van der Waals surface area contributed by atoms with Gasteiger partial charge in [0.2, 0.25) is 0 Å². The largest absolute Gasteiger partial charge is 0.389 e. The Hall–Kier alpha value is -1.41. The molecule has 0 heterocycles. The van der Waals surface area contributed by atoms with Gasteiger partial charge >= 0.3 is 0 Å². The van der Waals surface area contributed by atoms with E-state index in [1.54, 1.807) is 25.1 Å². The Bertz CT molecular complexity index is 463. The topological polar surface area (TPSA) is 20.2 Å². The maximum atomic E-state index is 13.3. The van der Waals surface area contributed by atoms with E-state index >= 15 is 0 Å². The Morgan fingerprint density at radius 3 is 2.36 bits per heavy atom. The fraction of sp³-hybridized carbons (Fsp3) is 0.167. The van der Waals surface area contributed by atoms with E-state index in [0.29, 0.717) is 5.39 Å². The lowest BCUT2D eigenvalue weighted by molar-refractivity contribution is 0.201. The van der Waals surface area contributed by atoms with Crippen LogP contribution < -0.4 is 0 Å². The molecule has 0 fully saturated rings. The SMILES string of the molecule is C[C@H](O)c1ccc(F)c2ccccc12. The van der Waals surface area contributed by atoms with Gasteiger partial charge in [0.1, 0.15) is 5.82 Å². The molecule has 0 radical (unpaired) electrons. The minimum Gasteiger partial charge on any atom is -0.389 e. The second-order valence-electron chi connectivity index (χ2n) is 3.36. The Kier molecular flexibility index (Phi) is 2.22. The molecule has 0 spiro atoms. The highest BCUT2D eigenvalue weighted by Crippen LogP contribution is 2.25. The number of hydrogen-bond acceptors (Lipinski definition) is 1. The van der Waals surface area contributed by atoms with Gasteiger partial charge in [-0.3, -0.25) is 0 Å². The van der Waals surface area contributed by atoms with Crippen molar-refractivity contribution < 1.29 is 9.50 Å². The summed E-state index contributed by atoms with van der Waals surface area (Å²) in [6.45, 7) is 1.68. The van der Waals surface area contributed by atoms with E-state index in [-0.39, 0.29) is 5.82 Å². The van der Waals surface area contributed by atoms with Gasteiger partial charge in [0.05, 0.1) is 6.10 Å². The van der Waals surface area contributed by atoms with Crippen molar-refractivity contribution in [3.8, 4) is 0 Å². The lowest BCUT2D eigenvalue weighted by Gasteiger charge is -2.09. The molecule has 0 bridgehead atoms. The van der Waals surface area contributed by atoms with Crippen LogP contribution in [0.15, 0.2) is 36.4 Å². The summed E-state index contributed by atoms with van der Waals surface area (Å²) in [5.41, 5.74) is 0.766. The lowest BCUT2D eigenvalue weighted by atomic mass is 10.0. The normalized spacial score (nSPS) is 13.1. The quantitative estimate of drug-likeness (QED) is 0.732. The third-order valence-electron chi connectivity index (χ3n) is 2.35. The number of benzene rings is 2. The summed E-state index contributed by atoms with van der Waals surface area (Å²) >= 11 is 0. The first-order valence-electron chi connectivity index (χ1n) is 4.55. The van der Waals surface area contributed by atoms with Gasteiger partial charge in [-0.25, -0.2) is 4.39 Å².